The van der Waals surface area contributed by atoms with E-state index in [9.17, 15) is 13.6 Å². The quantitative estimate of drug-likeness (QED) is 0.870. The van der Waals surface area contributed by atoms with E-state index in [-0.39, 0.29) is 24.4 Å². The Morgan fingerprint density at radius 3 is 2.30 bits per heavy atom. The summed E-state index contributed by atoms with van der Waals surface area (Å²) in [5, 5.41) is 6.54. The summed E-state index contributed by atoms with van der Waals surface area (Å²) >= 11 is 0. The number of nitrogens with one attached hydrogen (secondary N) is 2. The molecule has 1 amide bonds. The van der Waals surface area contributed by atoms with E-state index in [0.29, 0.717) is 11.6 Å². The third-order valence-corrected chi connectivity index (χ3v) is 4.58. The van der Waals surface area contributed by atoms with Gasteiger partial charge in [-0.25, -0.2) is 8.78 Å². The molecule has 1 saturated heterocycles. The van der Waals surface area contributed by atoms with Crippen LogP contribution >= 0.6 is 0 Å². The molecule has 1 aliphatic carbocycles. The number of benzene rings is 1. The first-order chi connectivity index (χ1) is 11.1. The molecule has 2 atom stereocenters. The Kier molecular flexibility index (Phi) is 5.23. The summed E-state index contributed by atoms with van der Waals surface area (Å²) in [6, 6.07) is 4.03. The molecular formula is C17H22F2N2O2. The van der Waals surface area contributed by atoms with Gasteiger partial charge < -0.3 is 15.4 Å². The Morgan fingerprint density at radius 1 is 1.04 bits per heavy atom. The zero-order valence-electron chi connectivity index (χ0n) is 13.0. The molecule has 1 aromatic rings. The van der Waals surface area contributed by atoms with Gasteiger partial charge in [0.05, 0.1) is 6.42 Å². The molecule has 0 bridgehead atoms. The number of hydrogen-bond donors (Lipinski definition) is 2. The van der Waals surface area contributed by atoms with Crippen LogP contribution in [-0.4, -0.2) is 37.2 Å². The first kappa shape index (κ1) is 16.3. The Balaban J connectivity index is 1.47. The van der Waals surface area contributed by atoms with Crippen LogP contribution in [0.2, 0.25) is 0 Å². The lowest BCUT2D eigenvalue weighted by atomic mass is 9.85. The van der Waals surface area contributed by atoms with Crippen LogP contribution in [0.4, 0.5) is 8.78 Å². The summed E-state index contributed by atoms with van der Waals surface area (Å²) in [6.07, 6.45) is 3.97. The number of amides is 1. The number of carbonyl (C=O) groups excluding carboxylic acids is 1. The lowest BCUT2D eigenvalue weighted by molar-refractivity contribution is -0.122. The summed E-state index contributed by atoms with van der Waals surface area (Å²) in [5.74, 6) is -1.51. The predicted molar refractivity (Wildman–Crippen MR) is 82.0 cm³/mol. The van der Waals surface area contributed by atoms with Gasteiger partial charge in [-0.3, -0.25) is 4.79 Å². The number of hydrogen-bond acceptors (Lipinski definition) is 3. The highest BCUT2D eigenvalue weighted by Crippen LogP contribution is 2.22. The Morgan fingerprint density at radius 2 is 1.70 bits per heavy atom. The van der Waals surface area contributed by atoms with Crippen molar-refractivity contribution >= 4 is 5.91 Å². The molecule has 1 saturated carbocycles. The standard InChI is InChI=1S/C17H22F2N2O2/c18-12-7-11(8-13(19)10-12)9-17(22)21-16-2-1-15(16)20-14-3-5-23-6-4-14/h7-8,10,14-16,20H,1-6,9H2,(H,21,22)/t15-,16+/m0/s1. The highest BCUT2D eigenvalue weighted by atomic mass is 19.1. The Labute approximate surface area is 134 Å². The second-order valence-corrected chi connectivity index (χ2v) is 6.37. The van der Waals surface area contributed by atoms with Crippen LogP contribution in [0.5, 0.6) is 0 Å². The van der Waals surface area contributed by atoms with Gasteiger partial charge in [0.25, 0.3) is 0 Å². The molecule has 0 radical (unpaired) electrons. The monoisotopic (exact) mass is 324 g/mol. The summed E-state index contributed by atoms with van der Waals surface area (Å²) in [7, 11) is 0. The Bertz CT molecular complexity index is 541. The lowest BCUT2D eigenvalue weighted by Crippen LogP contribution is -2.59. The van der Waals surface area contributed by atoms with E-state index in [1.807, 2.05) is 0 Å². The fourth-order valence-electron chi connectivity index (χ4n) is 3.20. The lowest BCUT2D eigenvalue weighted by Gasteiger charge is -2.41. The van der Waals surface area contributed by atoms with Gasteiger partial charge in [0.2, 0.25) is 5.91 Å². The molecule has 0 unspecified atom stereocenters. The van der Waals surface area contributed by atoms with E-state index in [4.69, 9.17) is 4.74 Å². The van der Waals surface area contributed by atoms with Crippen LogP contribution < -0.4 is 10.6 Å². The van der Waals surface area contributed by atoms with E-state index in [1.165, 1.54) is 12.1 Å². The van der Waals surface area contributed by atoms with Gasteiger partial charge in [-0.1, -0.05) is 0 Å². The largest absolute Gasteiger partial charge is 0.381 e. The van der Waals surface area contributed by atoms with Gasteiger partial charge in [-0.2, -0.15) is 0 Å². The van der Waals surface area contributed by atoms with Gasteiger partial charge in [0.15, 0.2) is 0 Å². The number of carbonyl (C=O) groups is 1. The van der Waals surface area contributed by atoms with Gasteiger partial charge in [-0.15, -0.1) is 0 Å². The first-order valence-electron chi connectivity index (χ1n) is 8.18. The molecule has 4 nitrogen and oxygen atoms in total. The molecule has 2 fully saturated rings. The molecule has 6 heteroatoms. The smallest absolute Gasteiger partial charge is 0.224 e. The molecular weight excluding hydrogens is 302 g/mol. The normalized spacial score (nSPS) is 25.0. The second kappa shape index (κ2) is 7.36. The third-order valence-electron chi connectivity index (χ3n) is 4.58. The van der Waals surface area contributed by atoms with Gasteiger partial charge >= 0.3 is 0 Å². The van der Waals surface area contributed by atoms with Crippen molar-refractivity contribution in [2.45, 2.75) is 50.2 Å². The van der Waals surface area contributed by atoms with Crippen LogP contribution in [0, 0.1) is 11.6 Å². The zero-order chi connectivity index (χ0) is 16.2. The van der Waals surface area contributed by atoms with Crippen molar-refractivity contribution in [1.29, 1.82) is 0 Å². The van der Waals surface area contributed by atoms with E-state index in [2.05, 4.69) is 10.6 Å². The molecule has 0 aromatic heterocycles. The minimum atomic E-state index is -0.657. The summed E-state index contributed by atoms with van der Waals surface area (Å²) in [5.41, 5.74) is 0.355. The molecule has 126 valence electrons. The van der Waals surface area contributed by atoms with Crippen molar-refractivity contribution < 1.29 is 18.3 Å². The van der Waals surface area contributed by atoms with Crippen molar-refractivity contribution in [2.24, 2.45) is 0 Å². The maximum Gasteiger partial charge on any atom is 0.224 e. The topological polar surface area (TPSA) is 50.4 Å². The average Bonchev–Trinajstić information content (AvgIpc) is 2.49. The third kappa shape index (κ3) is 4.48. The van der Waals surface area contributed by atoms with Gasteiger partial charge in [-0.05, 0) is 43.4 Å². The van der Waals surface area contributed by atoms with Crippen molar-refractivity contribution in [1.82, 2.24) is 10.6 Å². The highest BCUT2D eigenvalue weighted by Gasteiger charge is 2.33. The van der Waals surface area contributed by atoms with E-state index in [1.54, 1.807) is 0 Å². The molecule has 1 aromatic carbocycles. The van der Waals surface area contributed by atoms with Crippen LogP contribution in [-0.2, 0) is 16.0 Å². The van der Waals surface area contributed by atoms with E-state index < -0.39 is 11.6 Å². The second-order valence-electron chi connectivity index (χ2n) is 6.37. The van der Waals surface area contributed by atoms with Crippen LogP contribution in [0.25, 0.3) is 0 Å². The molecule has 2 aliphatic rings. The SMILES string of the molecule is O=C(Cc1cc(F)cc(F)c1)N[C@@H]1CC[C@@H]1NC1CCOCC1. The fraction of sp³-hybridized carbons (Fsp3) is 0.588. The van der Waals surface area contributed by atoms with Crippen molar-refractivity contribution in [3.8, 4) is 0 Å². The number of halogens is 2. The number of ether oxygens (including phenoxy) is 1. The van der Waals surface area contributed by atoms with Crippen molar-refractivity contribution in [2.75, 3.05) is 13.2 Å². The van der Waals surface area contributed by atoms with E-state index in [0.717, 1.165) is 45.0 Å². The van der Waals surface area contributed by atoms with Crippen LogP contribution in [0.15, 0.2) is 18.2 Å². The molecule has 1 aliphatic heterocycles. The molecule has 1 heterocycles. The molecule has 2 N–H and O–H groups in total. The summed E-state index contributed by atoms with van der Waals surface area (Å²) < 4.78 is 31.6. The molecule has 3 rings (SSSR count). The molecule has 23 heavy (non-hydrogen) atoms. The zero-order valence-corrected chi connectivity index (χ0v) is 13.0. The summed E-state index contributed by atoms with van der Waals surface area (Å²) in [6.45, 7) is 1.57. The molecule has 0 spiro atoms. The minimum Gasteiger partial charge on any atom is -0.381 e. The van der Waals surface area contributed by atoms with Crippen molar-refractivity contribution in [3.63, 3.8) is 0 Å². The van der Waals surface area contributed by atoms with Crippen LogP contribution in [0.3, 0.4) is 0 Å². The van der Waals surface area contributed by atoms with Gasteiger partial charge in [0, 0.05) is 37.4 Å². The van der Waals surface area contributed by atoms with Crippen LogP contribution in [0.1, 0.15) is 31.2 Å². The van der Waals surface area contributed by atoms with E-state index >= 15 is 0 Å². The maximum atomic E-state index is 13.1. The Hall–Kier alpha value is -1.53. The maximum absolute atomic E-state index is 13.1. The summed E-state index contributed by atoms with van der Waals surface area (Å²) in [4.78, 5) is 12.1. The van der Waals surface area contributed by atoms with Gasteiger partial charge in [0.1, 0.15) is 11.6 Å². The predicted octanol–water partition coefficient (Wildman–Crippen LogP) is 1.92. The average molecular weight is 324 g/mol. The first-order valence-corrected chi connectivity index (χ1v) is 8.18. The minimum absolute atomic E-state index is 0.00479. The van der Waals surface area contributed by atoms with Crippen molar-refractivity contribution in [3.05, 3.63) is 35.4 Å². The fourth-order valence-corrected chi connectivity index (χ4v) is 3.20. The highest BCUT2D eigenvalue weighted by molar-refractivity contribution is 5.79. The number of rotatable bonds is 5.